The summed E-state index contributed by atoms with van der Waals surface area (Å²) < 4.78 is 78.4. The maximum Gasteiger partial charge on any atom is 0.453 e. The van der Waals surface area contributed by atoms with Gasteiger partial charge in [0, 0.05) is 24.2 Å². The number of hydrogen-bond donors (Lipinski definition) is 1. The molecule has 0 heterocycles. The summed E-state index contributed by atoms with van der Waals surface area (Å²) in [5, 5.41) is 10.1. The second-order valence-electron chi connectivity index (χ2n) is 14.2. The molecule has 2 fully saturated rings. The molecule has 44 heavy (non-hydrogen) atoms. The predicted octanol–water partition coefficient (Wildman–Crippen LogP) is 9.80. The van der Waals surface area contributed by atoms with Gasteiger partial charge < -0.3 is 10.0 Å². The number of benzene rings is 1. The van der Waals surface area contributed by atoms with Crippen molar-refractivity contribution in [3.8, 4) is 5.75 Å². The second-order valence-corrected chi connectivity index (χ2v) is 14.2. The molecule has 1 aromatic rings. The van der Waals surface area contributed by atoms with Crippen molar-refractivity contribution in [2.45, 2.75) is 134 Å². The van der Waals surface area contributed by atoms with Crippen LogP contribution >= 0.6 is 0 Å². The first kappa shape index (κ1) is 35.1. The van der Waals surface area contributed by atoms with Crippen LogP contribution in [-0.2, 0) is 11.2 Å². The van der Waals surface area contributed by atoms with E-state index < -0.39 is 30.1 Å². The Morgan fingerprint density at radius 2 is 1.55 bits per heavy atom. The summed E-state index contributed by atoms with van der Waals surface area (Å²) >= 11 is 0. The molecule has 6 atom stereocenters. The Bertz CT molecular complexity index is 1090. The van der Waals surface area contributed by atoms with Crippen LogP contribution in [0.3, 0.4) is 0 Å². The largest absolute Gasteiger partial charge is 0.508 e. The monoisotopic (exact) mass is 631 g/mol. The van der Waals surface area contributed by atoms with Crippen molar-refractivity contribution in [1.82, 2.24) is 4.90 Å². The Morgan fingerprint density at radius 3 is 2.20 bits per heavy atom. The van der Waals surface area contributed by atoms with Crippen LogP contribution in [0.4, 0.5) is 26.3 Å². The average Bonchev–Trinajstić information content (AvgIpc) is 3.24. The van der Waals surface area contributed by atoms with E-state index in [1.807, 2.05) is 19.1 Å². The summed E-state index contributed by atoms with van der Waals surface area (Å²) in [6, 6.07) is 5.40. The highest BCUT2D eigenvalue weighted by Crippen LogP contribution is 2.62. The van der Waals surface area contributed by atoms with Crippen LogP contribution in [0, 0.1) is 23.2 Å². The maximum absolute atomic E-state index is 15.9. The van der Waals surface area contributed by atoms with Crippen LogP contribution in [-0.4, -0.2) is 54.2 Å². The number of carbonyl (C=O) groups excluding carboxylic acids is 1. The van der Waals surface area contributed by atoms with Crippen LogP contribution in [0.15, 0.2) is 18.2 Å². The number of halogens is 6. The van der Waals surface area contributed by atoms with E-state index in [1.54, 1.807) is 6.07 Å². The first-order valence-electron chi connectivity index (χ1n) is 16.9. The normalized spacial score (nSPS) is 28.7. The predicted molar refractivity (Wildman–Crippen MR) is 161 cm³/mol. The lowest BCUT2D eigenvalue weighted by Crippen LogP contribution is -2.50. The Balaban J connectivity index is 1.14. The molecule has 0 radical (unpaired) electrons. The van der Waals surface area contributed by atoms with E-state index in [9.17, 15) is 31.9 Å². The number of phenols is 1. The highest BCUT2D eigenvalue weighted by Gasteiger charge is 2.60. The van der Waals surface area contributed by atoms with E-state index in [0.29, 0.717) is 31.6 Å². The molecule has 0 spiro atoms. The van der Waals surface area contributed by atoms with Crippen molar-refractivity contribution in [2.75, 3.05) is 20.1 Å². The third kappa shape index (κ3) is 8.14. The molecule has 0 unspecified atom stereocenters. The van der Waals surface area contributed by atoms with E-state index >= 15 is 4.39 Å². The first-order valence-corrected chi connectivity index (χ1v) is 16.9. The van der Waals surface area contributed by atoms with Gasteiger partial charge in [0.15, 0.2) is 0 Å². The molecule has 0 aliphatic heterocycles. The number of nitrogens with zero attached hydrogens (tertiary/aromatic N) is 1. The molecule has 1 aromatic carbocycles. The van der Waals surface area contributed by atoms with Crippen LogP contribution in [0.5, 0.6) is 5.75 Å². The number of rotatable bonds is 16. The summed E-state index contributed by atoms with van der Waals surface area (Å²) in [4.78, 5) is 15.2. The van der Waals surface area contributed by atoms with Gasteiger partial charge in [0.1, 0.15) is 17.7 Å². The standard InChI is InChI=1S/C35H51F6NO2/c1-33-23-29(36)32-27-15-14-26(43)22-25(27)21-24(31(32)28(33)16-17-30(33)44)13-9-5-8-12-20-42(2)19-11-7-4-3-6-10-18-34(37,38)35(39,40)41/h14-15,22,24,28-29,31-32,43H,3-13,16-21,23H2,1-2H3/t24-,28+,29+,31+,32+,33+/m1/s1. The molecule has 0 bridgehead atoms. The van der Waals surface area contributed by atoms with Gasteiger partial charge in [0.2, 0.25) is 0 Å². The van der Waals surface area contributed by atoms with E-state index in [2.05, 4.69) is 11.9 Å². The SMILES string of the molecule is CN(CCCCCCCCC(F)(F)C(F)(F)F)CCCCCC[C@@H]1Cc2cc(O)ccc2[C@@H]2[C@@H]1[C@@H]1CCC(=O)[C@@]1(C)C[C@@H]2F. The fourth-order valence-corrected chi connectivity index (χ4v) is 8.67. The van der Waals surface area contributed by atoms with Crippen molar-refractivity contribution in [3.05, 3.63) is 29.3 Å². The van der Waals surface area contributed by atoms with Gasteiger partial charge >= 0.3 is 12.1 Å². The number of ketones is 1. The summed E-state index contributed by atoms with van der Waals surface area (Å²) in [5.74, 6) is -3.61. The fraction of sp³-hybridized carbons (Fsp3) is 0.800. The lowest BCUT2D eigenvalue weighted by atomic mass is 9.51. The van der Waals surface area contributed by atoms with Gasteiger partial charge in [-0.15, -0.1) is 0 Å². The average molecular weight is 632 g/mol. The zero-order valence-corrected chi connectivity index (χ0v) is 26.4. The highest BCUT2D eigenvalue weighted by molar-refractivity contribution is 5.87. The van der Waals surface area contributed by atoms with Crippen molar-refractivity contribution in [3.63, 3.8) is 0 Å². The molecule has 3 nitrogen and oxygen atoms in total. The van der Waals surface area contributed by atoms with Gasteiger partial charge in [-0.25, -0.2) is 4.39 Å². The van der Waals surface area contributed by atoms with Gasteiger partial charge in [-0.1, -0.05) is 57.9 Å². The molecule has 3 aliphatic carbocycles. The number of fused-ring (bicyclic) bond motifs is 5. The minimum Gasteiger partial charge on any atom is -0.508 e. The van der Waals surface area contributed by atoms with Gasteiger partial charge in [-0.2, -0.15) is 22.0 Å². The summed E-state index contributed by atoms with van der Waals surface area (Å²) in [6.45, 7) is 3.92. The van der Waals surface area contributed by atoms with E-state index in [-0.39, 0.29) is 35.7 Å². The Morgan fingerprint density at radius 1 is 0.932 bits per heavy atom. The zero-order chi connectivity index (χ0) is 32.1. The number of hydrogen-bond acceptors (Lipinski definition) is 3. The fourth-order valence-electron chi connectivity index (χ4n) is 8.67. The van der Waals surface area contributed by atoms with Gasteiger partial charge in [-0.05, 0) is 106 Å². The number of aromatic hydroxyl groups is 1. The summed E-state index contributed by atoms with van der Waals surface area (Å²) in [7, 11) is 2.09. The summed E-state index contributed by atoms with van der Waals surface area (Å²) in [5.41, 5.74) is 1.55. The Kier molecular flexibility index (Phi) is 11.8. The topological polar surface area (TPSA) is 40.5 Å². The molecular formula is C35H51F6NO2. The molecule has 0 aromatic heterocycles. The Labute approximate surface area is 259 Å². The van der Waals surface area contributed by atoms with E-state index in [0.717, 1.165) is 88.4 Å². The minimum absolute atomic E-state index is 0.110. The minimum atomic E-state index is -5.45. The second kappa shape index (κ2) is 14.8. The molecule has 250 valence electrons. The van der Waals surface area contributed by atoms with Crippen LogP contribution in [0.1, 0.15) is 120 Å². The number of phenolic OH excluding ortho intramolecular Hbond substituents is 1. The molecule has 1 N–H and O–H groups in total. The maximum atomic E-state index is 15.9. The van der Waals surface area contributed by atoms with Crippen molar-refractivity contribution >= 4 is 5.78 Å². The number of Topliss-reactive ketones (excluding diaryl/α,β-unsaturated/α-hetero) is 1. The van der Waals surface area contributed by atoms with Crippen LogP contribution < -0.4 is 0 Å². The van der Waals surface area contributed by atoms with Crippen molar-refractivity contribution in [2.24, 2.45) is 23.2 Å². The molecule has 4 rings (SSSR count). The van der Waals surface area contributed by atoms with Crippen molar-refractivity contribution < 1.29 is 36.2 Å². The third-order valence-corrected chi connectivity index (χ3v) is 11.1. The number of carbonyl (C=O) groups is 1. The molecule has 3 aliphatic rings. The van der Waals surface area contributed by atoms with Crippen LogP contribution in [0.2, 0.25) is 0 Å². The quantitative estimate of drug-likeness (QED) is 0.146. The number of unbranched alkanes of at least 4 members (excludes halogenated alkanes) is 8. The molecule has 2 saturated carbocycles. The first-order chi connectivity index (χ1) is 20.7. The van der Waals surface area contributed by atoms with E-state index in [1.165, 1.54) is 0 Å². The molecule has 0 amide bonds. The molecule has 9 heteroatoms. The Hall–Kier alpha value is -1.77. The summed E-state index contributed by atoms with van der Waals surface area (Å²) in [6.07, 6.45) is 4.03. The van der Waals surface area contributed by atoms with Gasteiger partial charge in [0.25, 0.3) is 0 Å². The lowest BCUT2D eigenvalue weighted by Gasteiger charge is -2.53. The highest BCUT2D eigenvalue weighted by atomic mass is 19.4. The van der Waals surface area contributed by atoms with Crippen LogP contribution in [0.25, 0.3) is 0 Å². The van der Waals surface area contributed by atoms with Crippen molar-refractivity contribution in [1.29, 1.82) is 0 Å². The zero-order valence-electron chi connectivity index (χ0n) is 26.4. The van der Waals surface area contributed by atoms with Gasteiger partial charge in [-0.3, -0.25) is 4.79 Å². The molecule has 0 saturated heterocycles. The number of alkyl halides is 6. The third-order valence-electron chi connectivity index (χ3n) is 11.1. The lowest BCUT2D eigenvalue weighted by molar-refractivity contribution is -0.284. The molecular weight excluding hydrogens is 580 g/mol. The van der Waals surface area contributed by atoms with Gasteiger partial charge in [0.05, 0.1) is 0 Å². The van der Waals surface area contributed by atoms with E-state index in [4.69, 9.17) is 0 Å². The smallest absolute Gasteiger partial charge is 0.453 e.